The van der Waals surface area contributed by atoms with E-state index in [2.05, 4.69) is 38.1 Å². The first kappa shape index (κ1) is 9.70. The number of hydrogen-bond donors (Lipinski definition) is 0. The van der Waals surface area contributed by atoms with Gasteiger partial charge in [0.15, 0.2) is 0 Å². The van der Waals surface area contributed by atoms with Gasteiger partial charge in [0, 0.05) is 17.3 Å². The summed E-state index contributed by atoms with van der Waals surface area (Å²) in [6, 6.07) is 0. The van der Waals surface area contributed by atoms with Gasteiger partial charge in [-0.2, -0.15) is 0 Å². The Hall–Kier alpha value is -0.850. The molecule has 1 saturated carbocycles. The van der Waals surface area contributed by atoms with Crippen molar-refractivity contribution in [3.05, 3.63) is 22.9 Å². The Bertz CT molecular complexity index is 329. The number of rotatable bonds is 0. The van der Waals surface area contributed by atoms with Gasteiger partial charge in [-0.25, -0.2) is 0 Å². The van der Waals surface area contributed by atoms with Gasteiger partial charge in [-0.3, -0.25) is 4.99 Å². The molecule has 2 aliphatic rings. The van der Waals surface area contributed by atoms with Crippen molar-refractivity contribution in [1.29, 1.82) is 0 Å². The van der Waals surface area contributed by atoms with E-state index in [-0.39, 0.29) is 5.41 Å². The molecule has 14 heavy (non-hydrogen) atoms. The second kappa shape index (κ2) is 3.38. The molecule has 0 aromatic heterocycles. The lowest BCUT2D eigenvalue weighted by molar-refractivity contribution is 0.645. The predicted octanol–water partition coefficient (Wildman–Crippen LogP) is 3.87. The molecular weight excluding hydrogens is 170 g/mol. The van der Waals surface area contributed by atoms with Gasteiger partial charge >= 0.3 is 0 Å². The molecule has 1 aliphatic carbocycles. The van der Waals surface area contributed by atoms with Crippen molar-refractivity contribution in [3.8, 4) is 0 Å². The van der Waals surface area contributed by atoms with Crippen LogP contribution in [0.1, 0.15) is 46.5 Å². The average Bonchev–Trinajstić information content (AvgIpc) is 2.25. The van der Waals surface area contributed by atoms with Crippen LogP contribution in [0.3, 0.4) is 0 Å². The highest BCUT2D eigenvalue weighted by atomic mass is 14.7. The quantitative estimate of drug-likeness (QED) is 0.548. The zero-order valence-electron chi connectivity index (χ0n) is 9.43. The molecule has 1 heterocycles. The van der Waals surface area contributed by atoms with Crippen LogP contribution in [0.25, 0.3) is 0 Å². The van der Waals surface area contributed by atoms with Gasteiger partial charge < -0.3 is 0 Å². The largest absolute Gasteiger partial charge is 0.265 e. The first-order valence-corrected chi connectivity index (χ1v) is 5.55. The van der Waals surface area contributed by atoms with Crippen molar-refractivity contribution >= 4 is 6.21 Å². The minimum absolute atomic E-state index is 0.135. The first-order valence-electron chi connectivity index (χ1n) is 5.55. The number of hydrogen-bond acceptors (Lipinski definition) is 1. The van der Waals surface area contributed by atoms with Crippen molar-refractivity contribution < 1.29 is 0 Å². The summed E-state index contributed by atoms with van der Waals surface area (Å²) in [6.07, 6.45) is 9.64. The second-order valence-electron chi connectivity index (χ2n) is 5.02. The Morgan fingerprint density at radius 3 is 2.71 bits per heavy atom. The molecule has 1 aliphatic heterocycles. The van der Waals surface area contributed by atoms with Crippen LogP contribution < -0.4 is 0 Å². The van der Waals surface area contributed by atoms with Crippen molar-refractivity contribution in [3.63, 3.8) is 0 Å². The molecule has 0 atom stereocenters. The minimum atomic E-state index is 0.135. The van der Waals surface area contributed by atoms with Gasteiger partial charge in [0.05, 0.1) is 0 Å². The number of aliphatic imine (C=N–C) groups is 1. The van der Waals surface area contributed by atoms with Crippen LogP contribution in [0, 0.1) is 5.41 Å². The third-order valence-electron chi connectivity index (χ3n) is 3.08. The minimum Gasteiger partial charge on any atom is -0.265 e. The molecule has 0 saturated heterocycles. The highest BCUT2D eigenvalue weighted by molar-refractivity contribution is 5.71. The van der Waals surface area contributed by atoms with Crippen LogP contribution in [-0.2, 0) is 0 Å². The van der Waals surface area contributed by atoms with Crippen LogP contribution in [0.5, 0.6) is 0 Å². The molecular formula is C13H19N. The predicted molar refractivity (Wildman–Crippen MR) is 61.5 cm³/mol. The summed E-state index contributed by atoms with van der Waals surface area (Å²) in [6.45, 7) is 6.61. The van der Waals surface area contributed by atoms with Crippen LogP contribution in [0.2, 0.25) is 0 Å². The molecule has 1 heteroatoms. The average molecular weight is 189 g/mol. The van der Waals surface area contributed by atoms with E-state index in [1.54, 1.807) is 5.57 Å². The molecule has 0 aromatic rings. The maximum atomic E-state index is 4.56. The Kier molecular flexibility index (Phi) is 2.34. The van der Waals surface area contributed by atoms with Crippen LogP contribution in [0.15, 0.2) is 27.9 Å². The molecule has 0 amide bonds. The second-order valence-corrected chi connectivity index (χ2v) is 5.02. The highest BCUT2D eigenvalue weighted by Crippen LogP contribution is 2.36. The molecule has 76 valence electrons. The van der Waals surface area contributed by atoms with Crippen LogP contribution in [-0.4, -0.2) is 6.21 Å². The molecule has 0 radical (unpaired) electrons. The first-order chi connectivity index (χ1) is 6.58. The normalized spacial score (nSPS) is 25.5. The fourth-order valence-electron chi connectivity index (χ4n) is 2.33. The smallest absolute Gasteiger partial charge is 0.0403 e. The Labute approximate surface area is 86.6 Å². The lowest BCUT2D eigenvalue weighted by Crippen LogP contribution is -2.10. The van der Waals surface area contributed by atoms with E-state index in [4.69, 9.17) is 0 Å². The summed E-state index contributed by atoms with van der Waals surface area (Å²) in [5.41, 5.74) is 4.44. The Morgan fingerprint density at radius 2 is 1.93 bits per heavy atom. The van der Waals surface area contributed by atoms with E-state index in [0.29, 0.717) is 0 Å². The fourth-order valence-corrected chi connectivity index (χ4v) is 2.33. The zero-order valence-corrected chi connectivity index (χ0v) is 9.43. The van der Waals surface area contributed by atoms with Crippen molar-refractivity contribution in [1.82, 2.24) is 0 Å². The van der Waals surface area contributed by atoms with E-state index >= 15 is 0 Å². The molecule has 0 unspecified atom stereocenters. The van der Waals surface area contributed by atoms with E-state index in [1.807, 2.05) is 0 Å². The van der Waals surface area contributed by atoms with Crippen molar-refractivity contribution in [2.45, 2.75) is 46.5 Å². The molecule has 0 aromatic carbocycles. The fraction of sp³-hybridized carbons (Fsp3) is 0.615. The monoisotopic (exact) mass is 189 g/mol. The molecule has 1 nitrogen and oxygen atoms in total. The van der Waals surface area contributed by atoms with Crippen molar-refractivity contribution in [2.75, 3.05) is 0 Å². The van der Waals surface area contributed by atoms with Gasteiger partial charge in [-0.05, 0) is 43.8 Å². The lowest BCUT2D eigenvalue weighted by atomic mass is 9.84. The SMILES string of the molecule is CC1=C2CCCCC2=CC(C)(C)C=N1. The Balaban J connectivity index is 2.44. The van der Waals surface area contributed by atoms with E-state index in [1.165, 1.54) is 37.0 Å². The number of fused-ring (bicyclic) bond motifs is 1. The van der Waals surface area contributed by atoms with Gasteiger partial charge in [0.2, 0.25) is 0 Å². The summed E-state index contributed by atoms with van der Waals surface area (Å²) < 4.78 is 0. The third-order valence-corrected chi connectivity index (χ3v) is 3.08. The van der Waals surface area contributed by atoms with Gasteiger partial charge in [0.1, 0.15) is 0 Å². The molecule has 0 bridgehead atoms. The van der Waals surface area contributed by atoms with Gasteiger partial charge in [-0.1, -0.05) is 19.9 Å². The van der Waals surface area contributed by atoms with E-state index in [0.717, 1.165) is 0 Å². The summed E-state index contributed by atoms with van der Waals surface area (Å²) in [5, 5.41) is 0. The maximum absolute atomic E-state index is 4.56. The summed E-state index contributed by atoms with van der Waals surface area (Å²) in [4.78, 5) is 4.56. The molecule has 1 fully saturated rings. The third kappa shape index (κ3) is 1.82. The van der Waals surface area contributed by atoms with E-state index in [9.17, 15) is 0 Å². The lowest BCUT2D eigenvalue weighted by Gasteiger charge is -2.21. The number of nitrogens with zero attached hydrogens (tertiary/aromatic N) is 1. The summed E-state index contributed by atoms with van der Waals surface area (Å²) >= 11 is 0. The van der Waals surface area contributed by atoms with Crippen LogP contribution in [0.4, 0.5) is 0 Å². The molecule has 0 N–H and O–H groups in total. The van der Waals surface area contributed by atoms with Crippen LogP contribution >= 0.6 is 0 Å². The van der Waals surface area contributed by atoms with Gasteiger partial charge in [0.25, 0.3) is 0 Å². The highest BCUT2D eigenvalue weighted by Gasteiger charge is 2.21. The zero-order chi connectivity index (χ0) is 10.2. The van der Waals surface area contributed by atoms with E-state index < -0.39 is 0 Å². The number of allylic oxidation sites excluding steroid dienone is 4. The van der Waals surface area contributed by atoms with Crippen molar-refractivity contribution in [2.24, 2.45) is 10.4 Å². The summed E-state index contributed by atoms with van der Waals surface area (Å²) in [5.74, 6) is 0. The topological polar surface area (TPSA) is 12.4 Å². The Morgan fingerprint density at radius 1 is 1.21 bits per heavy atom. The van der Waals surface area contributed by atoms with Gasteiger partial charge in [-0.15, -0.1) is 0 Å². The molecule has 2 rings (SSSR count). The standard InChI is InChI=1S/C13H19N/c1-10-12-7-5-4-6-11(12)8-13(2,3)9-14-10/h8-9H,4-7H2,1-3H3. The molecule has 0 spiro atoms. The summed E-state index contributed by atoms with van der Waals surface area (Å²) in [7, 11) is 0. The maximum Gasteiger partial charge on any atom is 0.0403 e.